The van der Waals surface area contributed by atoms with E-state index in [2.05, 4.69) is 22.6 Å². The van der Waals surface area contributed by atoms with Crippen LogP contribution in [0.3, 0.4) is 0 Å². The number of carbonyl (C=O) groups is 1. The minimum atomic E-state index is -0.150. The summed E-state index contributed by atoms with van der Waals surface area (Å²) >= 11 is 8.06. The summed E-state index contributed by atoms with van der Waals surface area (Å²) in [5.41, 5.74) is 1.27. The van der Waals surface area contributed by atoms with Crippen LogP contribution < -0.4 is 0 Å². The fraction of sp³-hybridized carbons (Fsp3) is 0. The fourth-order valence-electron chi connectivity index (χ4n) is 1.90. The first kappa shape index (κ1) is 12.7. The van der Waals surface area contributed by atoms with Crippen LogP contribution in [0, 0.1) is 3.57 Å². The third kappa shape index (κ3) is 2.40. The van der Waals surface area contributed by atoms with Gasteiger partial charge in [-0.25, -0.2) is 0 Å². The molecule has 0 aliphatic rings. The summed E-state index contributed by atoms with van der Waals surface area (Å²) < 4.78 is 6.44. The quantitative estimate of drug-likeness (QED) is 0.465. The Labute approximate surface area is 128 Å². The highest BCUT2D eigenvalue weighted by atomic mass is 127. The summed E-state index contributed by atoms with van der Waals surface area (Å²) in [5.74, 6) is 0.185. The molecule has 2 nitrogen and oxygen atoms in total. The van der Waals surface area contributed by atoms with E-state index in [4.69, 9.17) is 16.0 Å². The van der Waals surface area contributed by atoms with Crippen LogP contribution >= 0.6 is 34.2 Å². The second kappa shape index (κ2) is 4.98. The molecular weight excluding hydrogens is 375 g/mol. The van der Waals surface area contributed by atoms with Crippen molar-refractivity contribution in [3.63, 3.8) is 0 Å². The van der Waals surface area contributed by atoms with Gasteiger partial charge < -0.3 is 4.42 Å². The zero-order valence-electron chi connectivity index (χ0n) is 9.69. The second-order valence-corrected chi connectivity index (χ2v) is 5.70. The Bertz CT molecular complexity index is 744. The van der Waals surface area contributed by atoms with Crippen molar-refractivity contribution >= 4 is 50.9 Å². The molecule has 0 saturated heterocycles. The smallest absolute Gasteiger partial charge is 0.229 e. The number of rotatable bonds is 2. The third-order valence-electron chi connectivity index (χ3n) is 2.82. The zero-order valence-corrected chi connectivity index (χ0v) is 12.6. The molecule has 0 atom stereocenters. The summed E-state index contributed by atoms with van der Waals surface area (Å²) in [6.45, 7) is 0. The molecule has 2 aromatic carbocycles. The SMILES string of the molecule is O=C(c1cc2ccccc2o1)c1cc(Cl)ccc1I. The number of fused-ring (bicyclic) bond motifs is 1. The molecule has 0 fully saturated rings. The molecule has 3 rings (SSSR count). The van der Waals surface area contributed by atoms with E-state index in [1.165, 1.54) is 0 Å². The van der Waals surface area contributed by atoms with Crippen molar-refractivity contribution in [1.29, 1.82) is 0 Å². The van der Waals surface area contributed by atoms with E-state index in [9.17, 15) is 4.79 Å². The van der Waals surface area contributed by atoms with Gasteiger partial charge in [0.15, 0.2) is 5.76 Å². The van der Waals surface area contributed by atoms with Crippen LogP contribution in [0.4, 0.5) is 0 Å². The number of carbonyl (C=O) groups excluding carboxylic acids is 1. The summed E-state index contributed by atoms with van der Waals surface area (Å²) in [5, 5.41) is 1.46. The van der Waals surface area contributed by atoms with Crippen molar-refractivity contribution in [1.82, 2.24) is 0 Å². The van der Waals surface area contributed by atoms with Crippen molar-refractivity contribution < 1.29 is 9.21 Å². The summed E-state index contributed by atoms with van der Waals surface area (Å²) in [6.07, 6.45) is 0. The maximum Gasteiger partial charge on any atom is 0.229 e. The highest BCUT2D eigenvalue weighted by Gasteiger charge is 2.17. The van der Waals surface area contributed by atoms with Gasteiger partial charge in [0.2, 0.25) is 5.78 Å². The van der Waals surface area contributed by atoms with Gasteiger partial charge in [-0.1, -0.05) is 29.8 Å². The van der Waals surface area contributed by atoms with Crippen LogP contribution in [0.5, 0.6) is 0 Å². The van der Waals surface area contributed by atoms with Gasteiger partial charge in [0.25, 0.3) is 0 Å². The second-order valence-electron chi connectivity index (χ2n) is 4.10. The van der Waals surface area contributed by atoms with Crippen molar-refractivity contribution in [3.05, 3.63) is 68.4 Å². The fourth-order valence-corrected chi connectivity index (χ4v) is 2.65. The van der Waals surface area contributed by atoms with Gasteiger partial charge in [-0.3, -0.25) is 4.79 Å². The molecular formula is C15H8ClIO2. The van der Waals surface area contributed by atoms with Gasteiger partial charge in [0.1, 0.15) is 5.58 Å². The lowest BCUT2D eigenvalue weighted by Crippen LogP contribution is -2.02. The Kier molecular flexibility index (Phi) is 3.33. The van der Waals surface area contributed by atoms with Crippen molar-refractivity contribution in [3.8, 4) is 0 Å². The van der Waals surface area contributed by atoms with E-state index in [0.29, 0.717) is 21.9 Å². The molecule has 0 radical (unpaired) electrons. The molecule has 94 valence electrons. The third-order valence-corrected chi connectivity index (χ3v) is 4.00. The Morgan fingerprint density at radius 3 is 2.68 bits per heavy atom. The van der Waals surface area contributed by atoms with E-state index in [1.807, 2.05) is 30.3 Å². The average Bonchev–Trinajstić information content (AvgIpc) is 2.84. The largest absolute Gasteiger partial charge is 0.453 e. The topological polar surface area (TPSA) is 30.2 Å². The van der Waals surface area contributed by atoms with E-state index >= 15 is 0 Å². The molecule has 0 saturated carbocycles. The Morgan fingerprint density at radius 1 is 1.11 bits per heavy atom. The first-order chi connectivity index (χ1) is 9.15. The molecule has 4 heteroatoms. The minimum Gasteiger partial charge on any atom is -0.453 e. The molecule has 1 heterocycles. The van der Waals surface area contributed by atoms with E-state index < -0.39 is 0 Å². The maximum absolute atomic E-state index is 12.4. The van der Waals surface area contributed by atoms with Gasteiger partial charge in [0, 0.05) is 19.5 Å². The van der Waals surface area contributed by atoms with Crippen molar-refractivity contribution in [2.24, 2.45) is 0 Å². The summed E-state index contributed by atoms with van der Waals surface area (Å²) in [7, 11) is 0. The molecule has 0 bridgehead atoms. The van der Waals surface area contributed by atoms with E-state index in [1.54, 1.807) is 18.2 Å². The summed E-state index contributed by atoms with van der Waals surface area (Å²) in [6, 6.07) is 14.6. The number of hydrogen-bond acceptors (Lipinski definition) is 2. The molecule has 0 amide bonds. The molecule has 19 heavy (non-hydrogen) atoms. The standard InChI is InChI=1S/C15H8ClIO2/c16-10-5-6-12(17)11(8-10)15(18)14-7-9-3-1-2-4-13(9)19-14/h1-8H. The van der Waals surface area contributed by atoms with Gasteiger partial charge in [-0.2, -0.15) is 0 Å². The van der Waals surface area contributed by atoms with Crippen LogP contribution in [-0.4, -0.2) is 5.78 Å². The lowest BCUT2D eigenvalue weighted by Gasteiger charge is -2.01. The van der Waals surface area contributed by atoms with Crippen LogP contribution in [0.1, 0.15) is 16.1 Å². The summed E-state index contributed by atoms with van der Waals surface area (Å²) in [4.78, 5) is 12.4. The monoisotopic (exact) mass is 382 g/mol. The van der Waals surface area contributed by atoms with Crippen molar-refractivity contribution in [2.45, 2.75) is 0 Å². The van der Waals surface area contributed by atoms with E-state index in [-0.39, 0.29) is 5.78 Å². The van der Waals surface area contributed by atoms with Crippen LogP contribution in [-0.2, 0) is 0 Å². The molecule has 1 aromatic heterocycles. The molecule has 0 N–H and O–H groups in total. The first-order valence-electron chi connectivity index (χ1n) is 5.63. The van der Waals surface area contributed by atoms with Gasteiger partial charge in [0.05, 0.1) is 0 Å². The van der Waals surface area contributed by atoms with Crippen LogP contribution in [0.25, 0.3) is 11.0 Å². The Hall–Kier alpha value is -1.33. The predicted molar refractivity (Wildman–Crippen MR) is 83.8 cm³/mol. The molecule has 0 spiro atoms. The zero-order chi connectivity index (χ0) is 13.4. The normalized spacial score (nSPS) is 10.8. The van der Waals surface area contributed by atoms with Gasteiger partial charge in [-0.15, -0.1) is 0 Å². The number of furan rings is 1. The Balaban J connectivity index is 2.10. The number of ketones is 1. The van der Waals surface area contributed by atoms with E-state index in [0.717, 1.165) is 8.96 Å². The molecule has 0 aliphatic carbocycles. The van der Waals surface area contributed by atoms with Gasteiger partial charge in [-0.05, 0) is 52.9 Å². The Morgan fingerprint density at radius 2 is 1.89 bits per heavy atom. The highest BCUT2D eigenvalue weighted by molar-refractivity contribution is 14.1. The van der Waals surface area contributed by atoms with Crippen LogP contribution in [0.15, 0.2) is 52.9 Å². The first-order valence-corrected chi connectivity index (χ1v) is 7.09. The number of halogens is 2. The lowest BCUT2D eigenvalue weighted by atomic mass is 10.1. The number of para-hydroxylation sites is 1. The number of hydrogen-bond donors (Lipinski definition) is 0. The highest BCUT2D eigenvalue weighted by Crippen LogP contribution is 2.25. The predicted octanol–water partition coefficient (Wildman–Crippen LogP) is 4.92. The number of benzene rings is 2. The average molecular weight is 383 g/mol. The van der Waals surface area contributed by atoms with Crippen molar-refractivity contribution in [2.75, 3.05) is 0 Å². The van der Waals surface area contributed by atoms with Gasteiger partial charge >= 0.3 is 0 Å². The van der Waals surface area contributed by atoms with Crippen LogP contribution in [0.2, 0.25) is 5.02 Å². The maximum atomic E-state index is 12.4. The molecule has 0 aliphatic heterocycles. The molecule has 3 aromatic rings. The minimum absolute atomic E-state index is 0.150. The lowest BCUT2D eigenvalue weighted by molar-refractivity contribution is 0.101. The molecule has 0 unspecified atom stereocenters.